The van der Waals surface area contributed by atoms with E-state index in [2.05, 4.69) is 15.2 Å². The van der Waals surface area contributed by atoms with Gasteiger partial charge in [-0.1, -0.05) is 11.6 Å². The van der Waals surface area contributed by atoms with Crippen molar-refractivity contribution >= 4 is 35.4 Å². The SMILES string of the molecule is O=C(O)/C(=C/c1ccco1)Sc1n[nH]c(-c2ccc(Cl)cc2)n1. The first-order chi connectivity index (χ1) is 11.1. The van der Waals surface area contributed by atoms with Gasteiger partial charge in [0.25, 0.3) is 0 Å². The second-order valence-corrected chi connectivity index (χ2v) is 5.85. The van der Waals surface area contributed by atoms with E-state index in [0.717, 1.165) is 17.3 Å². The van der Waals surface area contributed by atoms with Gasteiger partial charge in [-0.25, -0.2) is 9.78 Å². The smallest absolute Gasteiger partial charge is 0.342 e. The van der Waals surface area contributed by atoms with Crippen LogP contribution in [-0.2, 0) is 4.79 Å². The molecule has 1 aromatic carbocycles. The number of aliphatic carboxylic acids is 1. The zero-order chi connectivity index (χ0) is 16.2. The molecule has 0 amide bonds. The Hall–Kier alpha value is -2.51. The highest BCUT2D eigenvalue weighted by Crippen LogP contribution is 2.27. The molecule has 2 heterocycles. The Bertz CT molecular complexity index is 841. The molecule has 0 aliphatic heterocycles. The molecule has 2 aromatic heterocycles. The lowest BCUT2D eigenvalue weighted by molar-refractivity contribution is -0.131. The van der Waals surface area contributed by atoms with Crippen LogP contribution in [0.3, 0.4) is 0 Å². The average molecular weight is 348 g/mol. The first-order valence-corrected chi connectivity index (χ1v) is 7.66. The second kappa shape index (κ2) is 6.72. The largest absolute Gasteiger partial charge is 0.477 e. The minimum atomic E-state index is -1.08. The summed E-state index contributed by atoms with van der Waals surface area (Å²) in [4.78, 5) is 15.7. The van der Waals surface area contributed by atoms with Crippen molar-refractivity contribution < 1.29 is 14.3 Å². The normalized spacial score (nSPS) is 11.6. The first-order valence-electron chi connectivity index (χ1n) is 6.46. The Kier molecular flexibility index (Phi) is 4.50. The fourth-order valence-corrected chi connectivity index (χ4v) is 2.58. The standard InChI is InChI=1S/C15H10ClN3O3S/c16-10-5-3-9(4-6-10)13-17-15(19-18-13)23-12(14(20)21)8-11-2-1-7-22-11/h1-8H,(H,20,21)(H,17,18,19)/b12-8-. The molecule has 0 bridgehead atoms. The molecule has 0 aliphatic rings. The highest BCUT2D eigenvalue weighted by atomic mass is 35.5. The van der Waals surface area contributed by atoms with E-state index in [9.17, 15) is 9.90 Å². The highest BCUT2D eigenvalue weighted by Gasteiger charge is 2.14. The van der Waals surface area contributed by atoms with E-state index in [1.54, 1.807) is 36.4 Å². The Morgan fingerprint density at radius 2 is 2.09 bits per heavy atom. The number of halogens is 1. The molecular formula is C15H10ClN3O3S. The van der Waals surface area contributed by atoms with E-state index in [4.69, 9.17) is 16.0 Å². The van der Waals surface area contributed by atoms with Crippen molar-refractivity contribution in [1.82, 2.24) is 15.2 Å². The minimum Gasteiger partial charge on any atom is -0.477 e. The molecule has 8 heteroatoms. The van der Waals surface area contributed by atoms with E-state index in [0.29, 0.717) is 21.8 Å². The molecule has 0 saturated carbocycles. The van der Waals surface area contributed by atoms with E-state index < -0.39 is 5.97 Å². The maximum absolute atomic E-state index is 11.3. The number of carboxylic acids is 1. The van der Waals surface area contributed by atoms with Crippen molar-refractivity contribution in [3.05, 3.63) is 58.3 Å². The van der Waals surface area contributed by atoms with Gasteiger partial charge in [0.15, 0.2) is 5.82 Å². The van der Waals surface area contributed by atoms with Gasteiger partial charge in [-0.3, -0.25) is 5.10 Å². The van der Waals surface area contributed by atoms with E-state index in [-0.39, 0.29) is 4.91 Å². The maximum atomic E-state index is 11.3. The van der Waals surface area contributed by atoms with Crippen LogP contribution in [0.15, 0.2) is 57.1 Å². The van der Waals surface area contributed by atoms with E-state index in [1.165, 1.54) is 12.3 Å². The summed E-state index contributed by atoms with van der Waals surface area (Å²) < 4.78 is 5.12. The second-order valence-electron chi connectivity index (χ2n) is 4.40. The highest BCUT2D eigenvalue weighted by molar-refractivity contribution is 8.04. The number of thioether (sulfide) groups is 1. The number of rotatable bonds is 5. The number of aromatic nitrogens is 3. The summed E-state index contributed by atoms with van der Waals surface area (Å²) in [5, 5.41) is 17.0. The van der Waals surface area contributed by atoms with Crippen molar-refractivity contribution in [2.75, 3.05) is 0 Å². The zero-order valence-electron chi connectivity index (χ0n) is 11.6. The molecule has 0 radical (unpaired) electrons. The molecule has 23 heavy (non-hydrogen) atoms. The Labute approximate surface area is 140 Å². The maximum Gasteiger partial charge on any atom is 0.342 e. The van der Waals surface area contributed by atoms with Crippen LogP contribution in [0.1, 0.15) is 5.76 Å². The molecule has 6 nitrogen and oxygen atoms in total. The summed E-state index contributed by atoms with van der Waals surface area (Å²) in [7, 11) is 0. The van der Waals surface area contributed by atoms with Crippen LogP contribution >= 0.6 is 23.4 Å². The molecule has 0 fully saturated rings. The Morgan fingerprint density at radius 3 is 2.74 bits per heavy atom. The van der Waals surface area contributed by atoms with Crippen molar-refractivity contribution in [3.63, 3.8) is 0 Å². The molecule has 0 saturated heterocycles. The monoisotopic (exact) mass is 347 g/mol. The minimum absolute atomic E-state index is 0.0570. The van der Waals surface area contributed by atoms with Gasteiger partial charge in [0.1, 0.15) is 10.7 Å². The van der Waals surface area contributed by atoms with Gasteiger partial charge in [-0.15, -0.1) is 5.10 Å². The third-order valence-corrected chi connectivity index (χ3v) is 3.94. The third-order valence-electron chi connectivity index (χ3n) is 2.81. The van der Waals surface area contributed by atoms with Gasteiger partial charge < -0.3 is 9.52 Å². The van der Waals surface area contributed by atoms with Gasteiger partial charge in [-0.2, -0.15) is 0 Å². The lowest BCUT2D eigenvalue weighted by Gasteiger charge is -1.97. The fraction of sp³-hybridized carbons (Fsp3) is 0. The molecule has 3 aromatic rings. The number of nitrogens with zero attached hydrogens (tertiary/aromatic N) is 2. The van der Waals surface area contributed by atoms with E-state index in [1.807, 2.05) is 0 Å². The van der Waals surface area contributed by atoms with Gasteiger partial charge in [0.2, 0.25) is 5.16 Å². The average Bonchev–Trinajstić information content (AvgIpc) is 3.19. The van der Waals surface area contributed by atoms with Gasteiger partial charge in [-0.05, 0) is 48.2 Å². The van der Waals surface area contributed by atoms with Crippen molar-refractivity contribution in [3.8, 4) is 11.4 Å². The van der Waals surface area contributed by atoms with Crippen LogP contribution in [0.25, 0.3) is 17.5 Å². The zero-order valence-corrected chi connectivity index (χ0v) is 13.1. The van der Waals surface area contributed by atoms with Gasteiger partial charge in [0.05, 0.1) is 6.26 Å². The molecular weight excluding hydrogens is 338 g/mol. The summed E-state index contributed by atoms with van der Waals surface area (Å²) in [5.41, 5.74) is 0.806. The molecule has 0 spiro atoms. The van der Waals surface area contributed by atoms with Crippen molar-refractivity contribution in [2.45, 2.75) is 5.16 Å². The number of hydrogen-bond acceptors (Lipinski definition) is 5. The topological polar surface area (TPSA) is 92.0 Å². The summed E-state index contributed by atoms with van der Waals surface area (Å²) in [5.74, 6) is -0.0977. The van der Waals surface area contributed by atoms with Crippen molar-refractivity contribution in [1.29, 1.82) is 0 Å². The van der Waals surface area contributed by atoms with Crippen LogP contribution < -0.4 is 0 Å². The Balaban J connectivity index is 1.82. The van der Waals surface area contributed by atoms with Crippen LogP contribution in [-0.4, -0.2) is 26.3 Å². The molecule has 0 unspecified atom stereocenters. The molecule has 0 aliphatic carbocycles. The number of carboxylic acid groups (broad SMARTS) is 1. The van der Waals surface area contributed by atoms with E-state index >= 15 is 0 Å². The number of furan rings is 1. The van der Waals surface area contributed by atoms with Gasteiger partial charge in [0, 0.05) is 16.7 Å². The number of aromatic amines is 1. The number of H-pyrrole nitrogens is 1. The van der Waals surface area contributed by atoms with Gasteiger partial charge >= 0.3 is 5.97 Å². The molecule has 3 rings (SSSR count). The third kappa shape index (κ3) is 3.82. The predicted molar refractivity (Wildman–Crippen MR) is 87.0 cm³/mol. The number of nitrogens with one attached hydrogen (secondary N) is 1. The van der Waals surface area contributed by atoms with Crippen LogP contribution in [0.4, 0.5) is 0 Å². The molecule has 2 N–H and O–H groups in total. The summed E-state index contributed by atoms with van der Waals surface area (Å²) in [6.45, 7) is 0. The summed E-state index contributed by atoms with van der Waals surface area (Å²) in [6.07, 6.45) is 2.90. The quantitative estimate of drug-likeness (QED) is 0.536. The predicted octanol–water partition coefficient (Wildman–Crippen LogP) is 3.94. The van der Waals surface area contributed by atoms with Crippen LogP contribution in [0.2, 0.25) is 5.02 Å². The lowest BCUT2D eigenvalue weighted by atomic mass is 10.2. The number of carbonyl (C=O) groups is 1. The molecule has 0 atom stereocenters. The van der Waals surface area contributed by atoms with Crippen LogP contribution in [0, 0.1) is 0 Å². The van der Waals surface area contributed by atoms with Crippen molar-refractivity contribution in [2.24, 2.45) is 0 Å². The van der Waals surface area contributed by atoms with Crippen LogP contribution in [0.5, 0.6) is 0 Å². The summed E-state index contributed by atoms with van der Waals surface area (Å²) >= 11 is 6.78. The lowest BCUT2D eigenvalue weighted by Crippen LogP contribution is -1.97. The number of benzene rings is 1. The number of hydrogen-bond donors (Lipinski definition) is 2. The summed E-state index contributed by atoms with van der Waals surface area (Å²) in [6, 6.07) is 10.4. The first kappa shape index (κ1) is 15.4. The fourth-order valence-electron chi connectivity index (χ4n) is 1.76. The Morgan fingerprint density at radius 1 is 1.30 bits per heavy atom. The molecule has 116 valence electrons.